The molecule has 1 rings (SSSR count). The number of pyridine rings is 1. The summed E-state index contributed by atoms with van der Waals surface area (Å²) in [5.74, 6) is -0.720. The quantitative estimate of drug-likeness (QED) is 0.805. The molecule has 1 aromatic heterocycles. The third-order valence-corrected chi connectivity index (χ3v) is 1.81. The molecule has 0 saturated heterocycles. The van der Waals surface area contributed by atoms with Crippen molar-refractivity contribution in [1.29, 1.82) is 0 Å². The zero-order valence-corrected chi connectivity index (χ0v) is 8.88. The molecule has 0 aliphatic rings. The molecule has 1 amide bonds. The average molecular weight is 229 g/mol. The van der Waals surface area contributed by atoms with E-state index in [0.717, 1.165) is 0 Å². The van der Waals surface area contributed by atoms with Gasteiger partial charge in [0.15, 0.2) is 0 Å². The Morgan fingerprint density at radius 1 is 1.73 bits per heavy atom. The smallest absolute Gasteiger partial charge is 0.220 e. The lowest BCUT2D eigenvalue weighted by Crippen LogP contribution is -2.19. The zero-order chi connectivity index (χ0) is 11.3. The molecule has 0 aliphatic carbocycles. The van der Waals surface area contributed by atoms with E-state index in [4.69, 9.17) is 11.6 Å². The van der Waals surface area contributed by atoms with Crippen molar-refractivity contribution in [2.24, 2.45) is 0 Å². The summed E-state index contributed by atoms with van der Waals surface area (Å²) in [7, 11) is 0. The third kappa shape index (κ3) is 4.08. The lowest BCUT2D eigenvalue weighted by atomic mass is 10.2. The van der Waals surface area contributed by atoms with Crippen LogP contribution < -0.4 is 5.32 Å². The van der Waals surface area contributed by atoms with Gasteiger partial charge in [-0.3, -0.25) is 4.79 Å². The number of carbonyl (C=O) groups is 1. The van der Waals surface area contributed by atoms with Crippen molar-refractivity contribution in [2.75, 3.05) is 6.54 Å². The highest BCUT2D eigenvalue weighted by molar-refractivity contribution is 6.30. The first-order valence-electron chi connectivity index (χ1n) is 4.31. The molecular formula is C10H10ClFN2O. The zero-order valence-electron chi connectivity index (χ0n) is 8.13. The van der Waals surface area contributed by atoms with Crippen LogP contribution in [0.5, 0.6) is 0 Å². The molecule has 1 aromatic rings. The lowest BCUT2D eigenvalue weighted by molar-refractivity contribution is -0.118. The van der Waals surface area contributed by atoms with Crippen LogP contribution in [-0.4, -0.2) is 17.4 Å². The van der Waals surface area contributed by atoms with E-state index in [-0.39, 0.29) is 5.91 Å². The molecule has 1 N–H and O–H groups in total. The van der Waals surface area contributed by atoms with Crippen LogP contribution in [-0.2, 0) is 4.79 Å². The fourth-order valence-electron chi connectivity index (χ4n) is 0.944. The second-order valence-corrected chi connectivity index (χ2v) is 3.31. The molecule has 0 unspecified atom stereocenters. The van der Waals surface area contributed by atoms with Gasteiger partial charge in [-0.15, -0.1) is 0 Å². The van der Waals surface area contributed by atoms with Crippen molar-refractivity contribution in [2.45, 2.75) is 6.92 Å². The van der Waals surface area contributed by atoms with Crippen molar-refractivity contribution in [3.63, 3.8) is 0 Å². The van der Waals surface area contributed by atoms with Crippen LogP contribution in [0.25, 0.3) is 6.08 Å². The topological polar surface area (TPSA) is 42.0 Å². The van der Waals surface area contributed by atoms with Gasteiger partial charge in [0, 0.05) is 25.2 Å². The number of nitrogens with one attached hydrogen (secondary N) is 1. The highest BCUT2D eigenvalue weighted by atomic mass is 35.5. The first kappa shape index (κ1) is 11.7. The van der Waals surface area contributed by atoms with Crippen LogP contribution in [0, 0.1) is 5.95 Å². The van der Waals surface area contributed by atoms with Crippen LogP contribution in [0.3, 0.4) is 0 Å². The first-order chi connectivity index (χ1) is 7.09. The summed E-state index contributed by atoms with van der Waals surface area (Å²) >= 11 is 5.65. The third-order valence-electron chi connectivity index (χ3n) is 1.60. The molecule has 0 fully saturated rings. The van der Waals surface area contributed by atoms with Gasteiger partial charge in [0.1, 0.15) is 0 Å². The van der Waals surface area contributed by atoms with Crippen LogP contribution in [0.15, 0.2) is 18.3 Å². The van der Waals surface area contributed by atoms with E-state index in [1.807, 2.05) is 0 Å². The Morgan fingerprint density at radius 3 is 3.13 bits per heavy atom. The van der Waals surface area contributed by atoms with Gasteiger partial charge >= 0.3 is 0 Å². The van der Waals surface area contributed by atoms with E-state index in [2.05, 4.69) is 10.3 Å². The summed E-state index contributed by atoms with van der Waals surface area (Å²) < 4.78 is 13.0. The molecule has 0 aliphatic heterocycles. The van der Waals surface area contributed by atoms with Crippen molar-refractivity contribution in [1.82, 2.24) is 10.3 Å². The molecule has 0 atom stereocenters. The fourth-order valence-corrected chi connectivity index (χ4v) is 1.11. The number of amides is 1. The van der Waals surface area contributed by atoms with Gasteiger partial charge in [-0.2, -0.15) is 4.39 Å². The van der Waals surface area contributed by atoms with E-state index < -0.39 is 5.95 Å². The minimum Gasteiger partial charge on any atom is -0.353 e. The Bertz CT molecular complexity index is 393. The van der Waals surface area contributed by atoms with E-state index in [9.17, 15) is 9.18 Å². The molecule has 0 aromatic carbocycles. The molecule has 0 bridgehead atoms. The Kier molecular flexibility index (Phi) is 4.24. The van der Waals surface area contributed by atoms with E-state index in [0.29, 0.717) is 17.1 Å². The molecule has 0 radical (unpaired) electrons. The van der Waals surface area contributed by atoms with E-state index in [1.54, 1.807) is 6.08 Å². The summed E-state index contributed by atoms with van der Waals surface area (Å²) in [6, 6.07) is 1.47. The molecule has 3 nitrogen and oxygen atoms in total. The van der Waals surface area contributed by atoms with Gasteiger partial charge in [-0.1, -0.05) is 23.8 Å². The molecule has 5 heteroatoms. The molecule has 80 valence electrons. The SMILES string of the molecule is CC(=O)NCC=Cc1cc(Cl)cnc1F. The maximum absolute atomic E-state index is 13.0. The Balaban J connectivity index is 2.63. The van der Waals surface area contributed by atoms with Crippen molar-refractivity contribution < 1.29 is 9.18 Å². The van der Waals surface area contributed by atoms with Gasteiger partial charge < -0.3 is 5.32 Å². The van der Waals surface area contributed by atoms with E-state index >= 15 is 0 Å². The predicted molar refractivity (Wildman–Crippen MR) is 56.9 cm³/mol. The Labute approximate surface area is 92.0 Å². The molecule has 0 saturated carbocycles. The second-order valence-electron chi connectivity index (χ2n) is 2.87. The first-order valence-corrected chi connectivity index (χ1v) is 4.69. The van der Waals surface area contributed by atoms with E-state index in [1.165, 1.54) is 25.3 Å². The summed E-state index contributed by atoms with van der Waals surface area (Å²) in [4.78, 5) is 14.0. The number of hydrogen-bond acceptors (Lipinski definition) is 2. The van der Waals surface area contributed by atoms with Gasteiger partial charge in [-0.25, -0.2) is 4.98 Å². The lowest BCUT2D eigenvalue weighted by Gasteiger charge is -1.97. The van der Waals surface area contributed by atoms with Crippen molar-refractivity contribution in [3.05, 3.63) is 34.9 Å². The fraction of sp³-hybridized carbons (Fsp3) is 0.200. The highest BCUT2D eigenvalue weighted by Gasteiger charge is 1.99. The Hall–Kier alpha value is -1.42. The van der Waals surface area contributed by atoms with Gasteiger partial charge in [0.2, 0.25) is 11.9 Å². The minimum absolute atomic E-state index is 0.135. The normalized spacial score (nSPS) is 10.6. The highest BCUT2D eigenvalue weighted by Crippen LogP contribution is 2.13. The number of rotatable bonds is 3. The number of aromatic nitrogens is 1. The largest absolute Gasteiger partial charge is 0.353 e. The number of nitrogens with zero attached hydrogens (tertiary/aromatic N) is 1. The number of carbonyl (C=O) groups excluding carboxylic acids is 1. The van der Waals surface area contributed by atoms with Crippen molar-refractivity contribution >= 4 is 23.6 Å². The van der Waals surface area contributed by atoms with Gasteiger partial charge in [0.05, 0.1) is 5.02 Å². The average Bonchev–Trinajstić information content (AvgIpc) is 2.17. The molecule has 0 spiro atoms. The Morgan fingerprint density at radius 2 is 2.47 bits per heavy atom. The molecule has 1 heterocycles. The summed E-state index contributed by atoms with van der Waals surface area (Å²) in [6.07, 6.45) is 4.38. The van der Waals surface area contributed by atoms with Crippen LogP contribution in [0.1, 0.15) is 12.5 Å². The monoisotopic (exact) mass is 228 g/mol. The predicted octanol–water partition coefficient (Wildman–Crippen LogP) is 2.02. The van der Waals surface area contributed by atoms with Crippen LogP contribution in [0.2, 0.25) is 5.02 Å². The molecular weight excluding hydrogens is 219 g/mol. The number of hydrogen-bond donors (Lipinski definition) is 1. The van der Waals surface area contributed by atoms with Crippen molar-refractivity contribution in [3.8, 4) is 0 Å². The summed E-state index contributed by atoms with van der Waals surface area (Å²) in [6.45, 7) is 1.76. The van der Waals surface area contributed by atoms with Crippen LogP contribution >= 0.6 is 11.6 Å². The molecule has 15 heavy (non-hydrogen) atoms. The van der Waals surface area contributed by atoms with Gasteiger partial charge in [0.25, 0.3) is 0 Å². The standard InChI is InChI=1S/C10H10ClFN2O/c1-7(15)13-4-2-3-8-5-9(11)6-14-10(8)12/h2-3,5-6H,4H2,1H3,(H,13,15). The number of halogens is 2. The summed E-state index contributed by atoms with van der Waals surface area (Å²) in [5, 5.41) is 2.92. The van der Waals surface area contributed by atoms with Gasteiger partial charge in [-0.05, 0) is 6.07 Å². The second kappa shape index (κ2) is 5.46. The van der Waals surface area contributed by atoms with Crippen LogP contribution in [0.4, 0.5) is 4.39 Å². The maximum atomic E-state index is 13.0. The minimum atomic E-state index is -0.585. The summed E-state index contributed by atoms with van der Waals surface area (Å²) in [5.41, 5.74) is 0.299. The maximum Gasteiger partial charge on any atom is 0.220 e.